The number of unbranched alkanes of at least 4 members (excludes halogenated alkanes) is 1. The van der Waals surface area contributed by atoms with Gasteiger partial charge in [-0.05, 0) is 43.5 Å². The summed E-state index contributed by atoms with van der Waals surface area (Å²) in [4.78, 5) is 0.121. The SMILES string of the molecule is COCCCCNS(=O)(=O)c1ccc(F)cc1C. The molecule has 4 nitrogen and oxygen atoms in total. The van der Waals surface area contributed by atoms with Gasteiger partial charge >= 0.3 is 0 Å². The fraction of sp³-hybridized carbons (Fsp3) is 0.500. The lowest BCUT2D eigenvalue weighted by atomic mass is 10.2. The van der Waals surface area contributed by atoms with Gasteiger partial charge in [0.1, 0.15) is 5.82 Å². The van der Waals surface area contributed by atoms with Crippen molar-refractivity contribution in [2.75, 3.05) is 20.3 Å². The lowest BCUT2D eigenvalue weighted by Gasteiger charge is -2.09. The normalized spacial score (nSPS) is 11.7. The Morgan fingerprint density at radius 3 is 2.67 bits per heavy atom. The maximum Gasteiger partial charge on any atom is 0.240 e. The summed E-state index contributed by atoms with van der Waals surface area (Å²) in [7, 11) is -1.95. The minimum absolute atomic E-state index is 0.121. The molecule has 1 rings (SSSR count). The first-order valence-electron chi connectivity index (χ1n) is 5.72. The number of aryl methyl sites for hydroxylation is 1. The maximum absolute atomic E-state index is 12.9. The predicted octanol–water partition coefficient (Wildman–Crippen LogP) is 1.84. The largest absolute Gasteiger partial charge is 0.385 e. The van der Waals surface area contributed by atoms with Crippen molar-refractivity contribution in [2.24, 2.45) is 0 Å². The summed E-state index contributed by atoms with van der Waals surface area (Å²) in [6, 6.07) is 3.63. The second-order valence-electron chi connectivity index (χ2n) is 4.01. The number of benzene rings is 1. The zero-order valence-electron chi connectivity index (χ0n) is 10.6. The Hall–Kier alpha value is -0.980. The summed E-state index contributed by atoms with van der Waals surface area (Å²) in [5.41, 5.74) is 0.402. The van der Waals surface area contributed by atoms with E-state index in [1.807, 2.05) is 0 Å². The van der Waals surface area contributed by atoms with Crippen molar-refractivity contribution in [3.8, 4) is 0 Å². The first-order chi connectivity index (χ1) is 8.47. The van der Waals surface area contributed by atoms with E-state index in [1.165, 1.54) is 12.1 Å². The van der Waals surface area contributed by atoms with Crippen LogP contribution in [0.4, 0.5) is 4.39 Å². The maximum atomic E-state index is 12.9. The lowest BCUT2D eigenvalue weighted by Crippen LogP contribution is -2.25. The Kier molecular flexibility index (Phi) is 5.71. The van der Waals surface area contributed by atoms with Crippen LogP contribution in [-0.2, 0) is 14.8 Å². The molecule has 0 amide bonds. The molecule has 6 heteroatoms. The molecule has 0 saturated heterocycles. The van der Waals surface area contributed by atoms with E-state index in [4.69, 9.17) is 4.74 Å². The third-order valence-corrected chi connectivity index (χ3v) is 4.12. The van der Waals surface area contributed by atoms with Gasteiger partial charge < -0.3 is 4.74 Å². The highest BCUT2D eigenvalue weighted by atomic mass is 32.2. The summed E-state index contributed by atoms with van der Waals surface area (Å²) in [6.45, 7) is 2.53. The van der Waals surface area contributed by atoms with Crippen molar-refractivity contribution < 1.29 is 17.5 Å². The molecule has 0 saturated carbocycles. The Bertz CT molecular complexity index is 488. The monoisotopic (exact) mass is 275 g/mol. The van der Waals surface area contributed by atoms with Gasteiger partial charge in [-0.15, -0.1) is 0 Å². The van der Waals surface area contributed by atoms with Crippen LogP contribution in [0.15, 0.2) is 23.1 Å². The molecule has 0 radical (unpaired) electrons. The van der Waals surface area contributed by atoms with Crippen molar-refractivity contribution in [3.63, 3.8) is 0 Å². The van der Waals surface area contributed by atoms with Gasteiger partial charge in [0.05, 0.1) is 4.90 Å². The van der Waals surface area contributed by atoms with Crippen molar-refractivity contribution in [3.05, 3.63) is 29.6 Å². The highest BCUT2D eigenvalue weighted by Crippen LogP contribution is 2.15. The number of methoxy groups -OCH3 is 1. The lowest BCUT2D eigenvalue weighted by molar-refractivity contribution is 0.193. The molecule has 18 heavy (non-hydrogen) atoms. The molecule has 0 fully saturated rings. The summed E-state index contributed by atoms with van der Waals surface area (Å²) in [6.07, 6.45) is 1.49. The minimum Gasteiger partial charge on any atom is -0.385 e. The molecule has 0 aliphatic heterocycles. The Morgan fingerprint density at radius 1 is 1.33 bits per heavy atom. The van der Waals surface area contributed by atoms with Gasteiger partial charge in [-0.1, -0.05) is 0 Å². The highest BCUT2D eigenvalue weighted by Gasteiger charge is 2.16. The van der Waals surface area contributed by atoms with Crippen molar-refractivity contribution in [2.45, 2.75) is 24.7 Å². The van der Waals surface area contributed by atoms with Crippen LogP contribution in [0.1, 0.15) is 18.4 Å². The van der Waals surface area contributed by atoms with E-state index in [0.717, 1.165) is 12.5 Å². The molecule has 102 valence electrons. The van der Waals surface area contributed by atoms with Crippen LogP contribution in [0.5, 0.6) is 0 Å². The number of halogens is 1. The van der Waals surface area contributed by atoms with Crippen LogP contribution >= 0.6 is 0 Å². The third-order valence-electron chi connectivity index (χ3n) is 2.49. The Balaban J connectivity index is 2.63. The van der Waals surface area contributed by atoms with Gasteiger partial charge in [-0.25, -0.2) is 17.5 Å². The number of hydrogen-bond donors (Lipinski definition) is 1. The molecular formula is C12H18FNO3S. The molecule has 0 heterocycles. The zero-order valence-corrected chi connectivity index (χ0v) is 11.4. The Labute approximate surface area is 107 Å². The number of sulfonamides is 1. The molecule has 1 aromatic rings. The van der Waals surface area contributed by atoms with Crippen LogP contribution in [-0.4, -0.2) is 28.7 Å². The number of rotatable bonds is 7. The smallest absolute Gasteiger partial charge is 0.240 e. The molecule has 1 aromatic carbocycles. The topological polar surface area (TPSA) is 55.4 Å². The molecular weight excluding hydrogens is 257 g/mol. The first-order valence-corrected chi connectivity index (χ1v) is 7.20. The Morgan fingerprint density at radius 2 is 2.06 bits per heavy atom. The quantitative estimate of drug-likeness (QED) is 0.773. The van der Waals surface area contributed by atoms with Gasteiger partial charge in [0.2, 0.25) is 10.0 Å². The van der Waals surface area contributed by atoms with Gasteiger partial charge in [-0.2, -0.15) is 0 Å². The van der Waals surface area contributed by atoms with E-state index in [0.29, 0.717) is 25.1 Å². The molecule has 0 atom stereocenters. The van der Waals surface area contributed by atoms with Crippen LogP contribution < -0.4 is 4.72 Å². The van der Waals surface area contributed by atoms with Crippen molar-refractivity contribution >= 4 is 10.0 Å². The third kappa shape index (κ3) is 4.36. The zero-order chi connectivity index (χ0) is 13.6. The number of nitrogens with one attached hydrogen (secondary N) is 1. The molecule has 0 spiro atoms. The molecule has 0 aromatic heterocycles. The molecule has 0 aliphatic rings. The average Bonchev–Trinajstić information content (AvgIpc) is 2.28. The fourth-order valence-electron chi connectivity index (χ4n) is 1.57. The summed E-state index contributed by atoms with van der Waals surface area (Å²) in [5, 5.41) is 0. The molecule has 1 N–H and O–H groups in total. The van der Waals surface area contributed by atoms with Crippen LogP contribution in [0, 0.1) is 12.7 Å². The number of ether oxygens (including phenoxy) is 1. The van der Waals surface area contributed by atoms with E-state index >= 15 is 0 Å². The average molecular weight is 275 g/mol. The van der Waals surface area contributed by atoms with Gasteiger partial charge in [0, 0.05) is 20.3 Å². The summed E-state index contributed by atoms with van der Waals surface area (Å²) >= 11 is 0. The van der Waals surface area contributed by atoms with E-state index in [1.54, 1.807) is 14.0 Å². The van der Waals surface area contributed by atoms with Gasteiger partial charge in [0.15, 0.2) is 0 Å². The second kappa shape index (κ2) is 6.82. The predicted molar refractivity (Wildman–Crippen MR) is 67.4 cm³/mol. The van der Waals surface area contributed by atoms with E-state index in [2.05, 4.69) is 4.72 Å². The summed E-state index contributed by atoms with van der Waals surface area (Å²) < 4.78 is 44.1. The van der Waals surface area contributed by atoms with Gasteiger partial charge in [-0.3, -0.25) is 0 Å². The standard InChI is InChI=1S/C12H18FNO3S/c1-10-9-11(13)5-6-12(10)18(15,16)14-7-3-4-8-17-2/h5-6,9,14H,3-4,7-8H2,1-2H3. The van der Waals surface area contributed by atoms with E-state index < -0.39 is 15.8 Å². The van der Waals surface area contributed by atoms with Gasteiger partial charge in [0.25, 0.3) is 0 Å². The fourth-order valence-corrected chi connectivity index (χ4v) is 2.87. The molecule has 0 unspecified atom stereocenters. The minimum atomic E-state index is -3.55. The van der Waals surface area contributed by atoms with Crippen LogP contribution in [0.2, 0.25) is 0 Å². The van der Waals surface area contributed by atoms with Crippen molar-refractivity contribution in [1.82, 2.24) is 4.72 Å². The van der Waals surface area contributed by atoms with E-state index in [-0.39, 0.29) is 4.90 Å². The summed E-state index contributed by atoms with van der Waals surface area (Å²) in [5.74, 6) is -0.438. The van der Waals surface area contributed by atoms with Crippen molar-refractivity contribution in [1.29, 1.82) is 0 Å². The molecule has 0 bridgehead atoms. The van der Waals surface area contributed by atoms with Crippen LogP contribution in [0.25, 0.3) is 0 Å². The molecule has 0 aliphatic carbocycles. The highest BCUT2D eigenvalue weighted by molar-refractivity contribution is 7.89. The number of hydrogen-bond acceptors (Lipinski definition) is 3. The van der Waals surface area contributed by atoms with Crippen LogP contribution in [0.3, 0.4) is 0 Å². The first kappa shape index (κ1) is 15.1. The second-order valence-corrected chi connectivity index (χ2v) is 5.74. The van der Waals surface area contributed by atoms with E-state index in [9.17, 15) is 12.8 Å².